The van der Waals surface area contributed by atoms with E-state index in [1.165, 1.54) is 67.8 Å². The van der Waals surface area contributed by atoms with Crippen molar-refractivity contribution in [1.82, 2.24) is 0 Å². The van der Waals surface area contributed by atoms with Gasteiger partial charge in [0.2, 0.25) is 5.90 Å². The molecule has 3 aromatic carbocycles. The van der Waals surface area contributed by atoms with Crippen LogP contribution in [0.4, 0.5) is 20.6 Å². The van der Waals surface area contributed by atoms with Crippen molar-refractivity contribution in [3.8, 4) is 11.5 Å². The molecule has 8 nitrogen and oxygen atoms in total. The molecule has 158 valence electrons. The van der Waals surface area contributed by atoms with Crippen molar-refractivity contribution in [2.24, 2.45) is 4.99 Å². The zero-order valence-corrected chi connectivity index (χ0v) is 16.8. The number of nitrogens with zero attached hydrogens (tertiary/aromatic N) is 2. The van der Waals surface area contributed by atoms with E-state index in [2.05, 4.69) is 10.3 Å². The molecule has 0 aliphatic heterocycles. The lowest BCUT2D eigenvalue weighted by Gasteiger charge is -2.10. The van der Waals surface area contributed by atoms with Crippen LogP contribution in [0.15, 0.2) is 71.7 Å². The van der Waals surface area contributed by atoms with Gasteiger partial charge in [0.15, 0.2) is 0 Å². The predicted octanol–water partition coefficient (Wildman–Crippen LogP) is 5.80. The van der Waals surface area contributed by atoms with Crippen LogP contribution in [0.2, 0.25) is 5.02 Å². The average Bonchev–Trinajstić information content (AvgIpc) is 2.75. The van der Waals surface area contributed by atoms with Gasteiger partial charge < -0.3 is 14.8 Å². The van der Waals surface area contributed by atoms with Crippen LogP contribution in [-0.4, -0.2) is 24.0 Å². The first kappa shape index (κ1) is 21.7. The molecule has 0 spiro atoms. The number of non-ortho nitro benzene ring substituents is 1. The lowest BCUT2D eigenvalue weighted by Crippen LogP contribution is -2.13. The van der Waals surface area contributed by atoms with E-state index in [-0.39, 0.29) is 27.9 Å². The third kappa shape index (κ3) is 5.55. The Morgan fingerprint density at radius 2 is 1.84 bits per heavy atom. The fourth-order valence-electron chi connectivity index (χ4n) is 2.52. The highest BCUT2D eigenvalue weighted by molar-refractivity contribution is 6.32. The van der Waals surface area contributed by atoms with Gasteiger partial charge in [0.05, 0.1) is 22.6 Å². The maximum absolute atomic E-state index is 13.9. The number of ether oxygens (including phenoxy) is 2. The second-order valence-electron chi connectivity index (χ2n) is 6.03. The molecule has 0 fully saturated rings. The molecule has 2 amide bonds. The minimum atomic E-state index is -0.791. The number of nitro benzene ring substituents is 1. The number of hydrogen-bond donors (Lipinski definition) is 1. The van der Waals surface area contributed by atoms with Crippen LogP contribution in [-0.2, 0) is 4.74 Å². The maximum Gasteiger partial charge on any atom is 0.348 e. The van der Waals surface area contributed by atoms with Crippen molar-refractivity contribution in [3.05, 3.63) is 93.2 Å². The van der Waals surface area contributed by atoms with E-state index in [0.29, 0.717) is 11.4 Å². The molecular formula is C21H15ClFN3O5. The molecule has 0 saturated carbocycles. The molecule has 0 aliphatic rings. The maximum atomic E-state index is 13.9. The second-order valence-corrected chi connectivity index (χ2v) is 6.44. The van der Waals surface area contributed by atoms with Crippen LogP contribution in [0, 0.1) is 15.9 Å². The summed E-state index contributed by atoms with van der Waals surface area (Å²) in [5.41, 5.74) is 0.298. The summed E-state index contributed by atoms with van der Waals surface area (Å²) in [6, 6.07) is 14.9. The smallest absolute Gasteiger partial charge is 0.348 e. The number of amides is 2. The number of nitro groups is 1. The van der Waals surface area contributed by atoms with E-state index in [1.54, 1.807) is 6.07 Å². The molecule has 0 bridgehead atoms. The Labute approximate surface area is 181 Å². The number of hydrogen-bond acceptors (Lipinski definition) is 5. The monoisotopic (exact) mass is 443 g/mol. The lowest BCUT2D eigenvalue weighted by atomic mass is 10.2. The fourth-order valence-corrected chi connectivity index (χ4v) is 2.74. The molecule has 0 heterocycles. The first-order valence-electron chi connectivity index (χ1n) is 8.78. The Bertz CT molecular complexity index is 1150. The van der Waals surface area contributed by atoms with Gasteiger partial charge in [-0.25, -0.2) is 9.18 Å². The van der Waals surface area contributed by atoms with Crippen molar-refractivity contribution in [2.45, 2.75) is 0 Å². The average molecular weight is 444 g/mol. The highest BCUT2D eigenvalue weighted by atomic mass is 35.5. The number of urea groups is 1. The number of nitrogens with one attached hydrogen (secondary N) is 1. The van der Waals surface area contributed by atoms with Gasteiger partial charge >= 0.3 is 6.03 Å². The number of aliphatic imine (C=N–C) groups is 1. The lowest BCUT2D eigenvalue weighted by molar-refractivity contribution is -0.384. The summed E-state index contributed by atoms with van der Waals surface area (Å²) in [5.74, 6) is -0.129. The fraction of sp³-hybridized carbons (Fsp3) is 0.0476. The predicted molar refractivity (Wildman–Crippen MR) is 114 cm³/mol. The molecule has 0 aromatic heterocycles. The van der Waals surface area contributed by atoms with Crippen LogP contribution in [0.5, 0.6) is 11.5 Å². The van der Waals surface area contributed by atoms with E-state index in [1.807, 2.05) is 0 Å². The number of anilines is 1. The van der Waals surface area contributed by atoms with Crippen molar-refractivity contribution in [3.63, 3.8) is 0 Å². The normalized spacial score (nSPS) is 11.0. The molecule has 10 heteroatoms. The number of methoxy groups -OCH3 is 1. The van der Waals surface area contributed by atoms with E-state index in [0.717, 1.165) is 0 Å². The largest absolute Gasteiger partial charge is 0.480 e. The van der Waals surface area contributed by atoms with Gasteiger partial charge in [-0.05, 0) is 42.5 Å². The molecule has 0 aliphatic carbocycles. The van der Waals surface area contributed by atoms with Crippen molar-refractivity contribution in [2.75, 3.05) is 12.4 Å². The summed E-state index contributed by atoms with van der Waals surface area (Å²) in [6.45, 7) is 0. The molecule has 0 saturated heterocycles. The summed E-state index contributed by atoms with van der Waals surface area (Å²) in [5, 5.41) is 13.4. The van der Waals surface area contributed by atoms with Crippen molar-refractivity contribution < 1.29 is 23.6 Å². The van der Waals surface area contributed by atoms with Gasteiger partial charge in [-0.3, -0.25) is 10.1 Å². The first-order valence-corrected chi connectivity index (χ1v) is 9.15. The molecule has 3 aromatic rings. The standard InChI is InChI=1S/C21H15ClFN3O5/c1-30-20(16-4-2-3-5-18(16)23)25-21(27)24-13-6-11-19(17(22)12-13)31-15-9-7-14(8-10-15)26(28)29/h2-12H,1H3,(H,24,27)/b25-20-. The Kier molecular flexibility index (Phi) is 6.78. The quantitative estimate of drug-likeness (QED) is 0.232. The van der Waals surface area contributed by atoms with Crippen molar-refractivity contribution in [1.29, 1.82) is 0 Å². The number of rotatable bonds is 5. The number of benzene rings is 3. The first-order chi connectivity index (χ1) is 14.9. The number of carbonyl (C=O) groups excluding carboxylic acids is 1. The van der Waals surface area contributed by atoms with E-state index >= 15 is 0 Å². The van der Waals surface area contributed by atoms with E-state index < -0.39 is 16.8 Å². The molecule has 31 heavy (non-hydrogen) atoms. The summed E-state index contributed by atoms with van der Waals surface area (Å²) in [7, 11) is 1.28. The molecule has 0 unspecified atom stereocenters. The van der Waals surface area contributed by atoms with Gasteiger partial charge in [-0.15, -0.1) is 0 Å². The summed E-state index contributed by atoms with van der Waals surface area (Å²) in [6.07, 6.45) is 0. The Morgan fingerprint density at radius 3 is 2.45 bits per heavy atom. The molecular weight excluding hydrogens is 429 g/mol. The van der Waals surface area contributed by atoms with Crippen LogP contribution in [0.25, 0.3) is 0 Å². The summed E-state index contributed by atoms with van der Waals surface area (Å²) < 4.78 is 24.5. The van der Waals surface area contributed by atoms with Gasteiger partial charge in [0.25, 0.3) is 5.69 Å². The van der Waals surface area contributed by atoms with Gasteiger partial charge in [0.1, 0.15) is 17.3 Å². The summed E-state index contributed by atoms with van der Waals surface area (Å²) in [4.78, 5) is 26.1. The SMILES string of the molecule is CO/C(=N\C(=O)Nc1ccc(Oc2ccc([N+](=O)[O-])cc2)c(Cl)c1)c1ccccc1F. The van der Waals surface area contributed by atoms with Crippen LogP contribution in [0.3, 0.4) is 0 Å². The van der Waals surface area contributed by atoms with Crippen LogP contribution < -0.4 is 10.1 Å². The highest BCUT2D eigenvalue weighted by Gasteiger charge is 2.13. The topological polar surface area (TPSA) is 103 Å². The van der Waals surface area contributed by atoms with E-state index in [9.17, 15) is 19.3 Å². The van der Waals surface area contributed by atoms with Gasteiger partial charge in [0, 0.05) is 17.8 Å². The Hall–Kier alpha value is -3.98. The van der Waals surface area contributed by atoms with Crippen LogP contribution in [0.1, 0.15) is 5.56 Å². The third-order valence-electron chi connectivity index (χ3n) is 3.96. The minimum absolute atomic E-state index is 0.0463. The zero-order valence-electron chi connectivity index (χ0n) is 16.0. The van der Waals surface area contributed by atoms with Gasteiger partial charge in [-0.2, -0.15) is 4.99 Å². The zero-order chi connectivity index (χ0) is 22.4. The minimum Gasteiger partial charge on any atom is -0.480 e. The number of halogens is 2. The van der Waals surface area contributed by atoms with E-state index in [4.69, 9.17) is 21.1 Å². The van der Waals surface area contributed by atoms with Gasteiger partial charge in [-0.1, -0.05) is 23.7 Å². The van der Waals surface area contributed by atoms with Crippen molar-refractivity contribution >= 4 is 34.9 Å². The molecule has 1 N–H and O–H groups in total. The number of carbonyl (C=O) groups is 1. The Morgan fingerprint density at radius 1 is 1.13 bits per heavy atom. The van der Waals surface area contributed by atoms with Crippen LogP contribution >= 0.6 is 11.6 Å². The third-order valence-corrected chi connectivity index (χ3v) is 4.25. The molecule has 0 atom stereocenters. The molecule has 0 radical (unpaired) electrons. The Balaban J connectivity index is 1.71. The highest BCUT2D eigenvalue weighted by Crippen LogP contribution is 2.32. The summed E-state index contributed by atoms with van der Waals surface area (Å²) >= 11 is 6.20. The molecule has 3 rings (SSSR count). The second kappa shape index (κ2) is 9.68.